The maximum Gasteiger partial charge on any atom is 0.120 e. The average molecular weight is 284 g/mol. The molecule has 0 atom stereocenters. The van der Waals surface area contributed by atoms with Crippen LogP contribution in [0.15, 0.2) is 40.9 Å². The van der Waals surface area contributed by atoms with Crippen molar-refractivity contribution in [1.82, 2.24) is 5.32 Å². The maximum absolute atomic E-state index is 5.61. The van der Waals surface area contributed by atoms with Crippen LogP contribution in [0, 0.1) is 0 Å². The van der Waals surface area contributed by atoms with E-state index in [1.54, 1.807) is 0 Å². The third-order valence-corrected chi connectivity index (χ3v) is 2.53. The summed E-state index contributed by atoms with van der Waals surface area (Å²) >= 11 is 3.41. The van der Waals surface area contributed by atoms with Gasteiger partial charge in [-0.05, 0) is 36.7 Å². The van der Waals surface area contributed by atoms with Crippen molar-refractivity contribution in [3.05, 3.63) is 40.9 Å². The van der Waals surface area contributed by atoms with Crippen LogP contribution in [-0.2, 0) is 0 Å². The first-order valence-electron chi connectivity index (χ1n) is 5.48. The van der Waals surface area contributed by atoms with E-state index in [0.717, 1.165) is 35.3 Å². The van der Waals surface area contributed by atoms with Gasteiger partial charge in [-0.25, -0.2) is 0 Å². The molecule has 0 aliphatic carbocycles. The average Bonchev–Trinajstić information content (AvgIpc) is 2.27. The van der Waals surface area contributed by atoms with Gasteiger partial charge in [-0.2, -0.15) is 0 Å². The summed E-state index contributed by atoms with van der Waals surface area (Å²) in [5.41, 5.74) is 1.06. The molecule has 0 heterocycles. The molecule has 0 bridgehead atoms. The highest BCUT2D eigenvalue weighted by molar-refractivity contribution is 9.10. The summed E-state index contributed by atoms with van der Waals surface area (Å²) < 4.78 is 6.64. The normalized spacial score (nSPS) is 10.1. The Hall–Kier alpha value is -0.800. The molecule has 1 aromatic rings. The zero-order valence-corrected chi connectivity index (χ0v) is 11.2. The van der Waals surface area contributed by atoms with Crippen molar-refractivity contribution in [2.24, 2.45) is 0 Å². The third kappa shape index (κ3) is 5.33. The van der Waals surface area contributed by atoms with Gasteiger partial charge in [0, 0.05) is 11.0 Å². The Labute approximate surface area is 106 Å². The van der Waals surface area contributed by atoms with E-state index in [9.17, 15) is 0 Å². The molecule has 3 heteroatoms. The number of hydrogen-bond donors (Lipinski definition) is 1. The molecule has 0 aliphatic rings. The van der Waals surface area contributed by atoms with Gasteiger partial charge in [0.1, 0.15) is 12.4 Å². The van der Waals surface area contributed by atoms with Crippen LogP contribution >= 0.6 is 15.9 Å². The molecule has 0 aliphatic heterocycles. The summed E-state index contributed by atoms with van der Waals surface area (Å²) in [4.78, 5) is 0. The van der Waals surface area contributed by atoms with Gasteiger partial charge in [0.15, 0.2) is 0 Å². The molecule has 0 radical (unpaired) electrons. The number of halogens is 1. The Kier molecular flexibility index (Phi) is 6.19. The first kappa shape index (κ1) is 13.3. The van der Waals surface area contributed by atoms with Crippen LogP contribution in [0.1, 0.15) is 13.3 Å². The van der Waals surface area contributed by atoms with E-state index in [2.05, 4.69) is 34.7 Å². The topological polar surface area (TPSA) is 21.3 Å². The number of hydrogen-bond acceptors (Lipinski definition) is 2. The minimum atomic E-state index is 0.563. The van der Waals surface area contributed by atoms with E-state index < -0.39 is 0 Å². The molecular formula is C13H18BrNO. The molecule has 2 nitrogen and oxygen atoms in total. The number of rotatable bonds is 7. The second-order valence-corrected chi connectivity index (χ2v) is 4.59. The van der Waals surface area contributed by atoms with Gasteiger partial charge in [0.05, 0.1) is 0 Å². The highest BCUT2D eigenvalue weighted by atomic mass is 79.9. The van der Waals surface area contributed by atoms with Gasteiger partial charge in [-0.1, -0.05) is 35.5 Å². The van der Waals surface area contributed by atoms with Gasteiger partial charge < -0.3 is 10.1 Å². The van der Waals surface area contributed by atoms with Crippen molar-refractivity contribution in [2.75, 3.05) is 19.7 Å². The monoisotopic (exact) mass is 283 g/mol. The van der Waals surface area contributed by atoms with Gasteiger partial charge in [0.25, 0.3) is 0 Å². The second-order valence-electron chi connectivity index (χ2n) is 3.67. The lowest BCUT2D eigenvalue weighted by Gasteiger charge is -2.09. The quantitative estimate of drug-likeness (QED) is 0.612. The van der Waals surface area contributed by atoms with Crippen LogP contribution < -0.4 is 10.1 Å². The fourth-order valence-electron chi connectivity index (χ4n) is 1.24. The summed E-state index contributed by atoms with van der Waals surface area (Å²) in [6.45, 7) is 8.52. The smallest absolute Gasteiger partial charge is 0.120 e. The van der Waals surface area contributed by atoms with E-state index >= 15 is 0 Å². The van der Waals surface area contributed by atoms with E-state index in [-0.39, 0.29) is 0 Å². The molecule has 0 spiro atoms. The van der Waals surface area contributed by atoms with E-state index in [1.807, 2.05) is 24.3 Å². The fourth-order valence-corrected chi connectivity index (χ4v) is 1.61. The Balaban J connectivity index is 2.26. The Morgan fingerprint density at radius 1 is 1.50 bits per heavy atom. The summed E-state index contributed by atoms with van der Waals surface area (Å²) in [5, 5.41) is 3.29. The van der Waals surface area contributed by atoms with Crippen LogP contribution in [0.25, 0.3) is 0 Å². The van der Waals surface area contributed by atoms with Crippen molar-refractivity contribution < 1.29 is 4.74 Å². The van der Waals surface area contributed by atoms with Crippen LogP contribution in [0.4, 0.5) is 0 Å². The molecule has 0 aromatic heterocycles. The van der Waals surface area contributed by atoms with E-state index in [4.69, 9.17) is 4.74 Å². The highest BCUT2D eigenvalue weighted by Crippen LogP contribution is 2.17. The first-order valence-corrected chi connectivity index (χ1v) is 6.27. The first-order chi connectivity index (χ1) is 7.72. The number of ether oxygens (including phenoxy) is 1. The minimum Gasteiger partial charge on any atom is -0.489 e. The predicted octanol–water partition coefficient (Wildman–Crippen LogP) is 3.38. The molecule has 1 N–H and O–H groups in total. The molecule has 0 saturated carbocycles. The Morgan fingerprint density at radius 3 is 3.00 bits per heavy atom. The van der Waals surface area contributed by atoms with Gasteiger partial charge in [-0.15, -0.1) is 0 Å². The second kappa shape index (κ2) is 7.47. The molecule has 1 aromatic carbocycles. The summed E-state index contributed by atoms with van der Waals surface area (Å²) in [7, 11) is 0. The molecule has 0 amide bonds. The van der Waals surface area contributed by atoms with Crippen LogP contribution in [-0.4, -0.2) is 19.7 Å². The Bertz CT molecular complexity index is 338. The lowest BCUT2D eigenvalue weighted by atomic mass is 10.3. The van der Waals surface area contributed by atoms with E-state index in [1.165, 1.54) is 0 Å². The standard InChI is InChI=1S/C13H18BrNO/c1-3-7-15-9-11(2)10-16-13-6-4-5-12(14)8-13/h4-6,8,15H,2-3,7,9-10H2,1H3. The number of benzene rings is 1. The minimum absolute atomic E-state index is 0.563. The lowest BCUT2D eigenvalue weighted by molar-refractivity contribution is 0.348. The molecule has 1 rings (SSSR count). The zero-order chi connectivity index (χ0) is 11.8. The predicted molar refractivity (Wildman–Crippen MR) is 71.9 cm³/mol. The van der Waals surface area contributed by atoms with Crippen LogP contribution in [0.3, 0.4) is 0 Å². The zero-order valence-electron chi connectivity index (χ0n) is 9.63. The molecule has 0 saturated heterocycles. The summed E-state index contributed by atoms with van der Waals surface area (Å²) in [6, 6.07) is 7.83. The molecule has 0 unspecified atom stereocenters. The van der Waals surface area contributed by atoms with Crippen molar-refractivity contribution in [3.63, 3.8) is 0 Å². The van der Waals surface area contributed by atoms with Gasteiger partial charge >= 0.3 is 0 Å². The van der Waals surface area contributed by atoms with Gasteiger partial charge in [0.2, 0.25) is 0 Å². The summed E-state index contributed by atoms with van der Waals surface area (Å²) in [6.07, 6.45) is 1.14. The maximum atomic E-state index is 5.61. The highest BCUT2D eigenvalue weighted by Gasteiger charge is 1.97. The largest absolute Gasteiger partial charge is 0.489 e. The van der Waals surface area contributed by atoms with Crippen LogP contribution in [0.5, 0.6) is 5.75 Å². The van der Waals surface area contributed by atoms with Crippen molar-refractivity contribution >= 4 is 15.9 Å². The van der Waals surface area contributed by atoms with Crippen molar-refractivity contribution in [1.29, 1.82) is 0 Å². The molecule has 16 heavy (non-hydrogen) atoms. The lowest BCUT2D eigenvalue weighted by Crippen LogP contribution is -2.20. The van der Waals surface area contributed by atoms with Gasteiger partial charge in [-0.3, -0.25) is 0 Å². The number of nitrogens with one attached hydrogen (secondary N) is 1. The van der Waals surface area contributed by atoms with Crippen molar-refractivity contribution in [2.45, 2.75) is 13.3 Å². The van der Waals surface area contributed by atoms with Crippen molar-refractivity contribution in [3.8, 4) is 5.75 Å². The third-order valence-electron chi connectivity index (χ3n) is 2.04. The van der Waals surface area contributed by atoms with E-state index in [0.29, 0.717) is 6.61 Å². The molecule has 0 fully saturated rings. The van der Waals surface area contributed by atoms with Crippen LogP contribution in [0.2, 0.25) is 0 Å². The molecule has 88 valence electrons. The summed E-state index contributed by atoms with van der Waals surface area (Å²) in [5.74, 6) is 0.867. The SMILES string of the molecule is C=C(CNCCC)COc1cccc(Br)c1. The molecular weight excluding hydrogens is 266 g/mol. The Morgan fingerprint density at radius 2 is 2.31 bits per heavy atom. The fraction of sp³-hybridized carbons (Fsp3) is 0.385.